The molecule has 1 atom stereocenters. The van der Waals surface area contributed by atoms with E-state index in [1.807, 2.05) is 18.2 Å². The van der Waals surface area contributed by atoms with Gasteiger partial charge in [-0.1, -0.05) is 12.1 Å². The standard InChI is InChI=1S/C16H17N3O3S/c1-3-21-15(20)13-10(2)18-16(23)19-14(13)11-4-6-12(7-5-11)22-9-8-17/h4-7,14H,3,9H2,1-2H3,(H2,18,19,23)/t14-/m1/s1. The molecule has 0 fully saturated rings. The van der Waals surface area contributed by atoms with E-state index in [0.29, 0.717) is 28.7 Å². The van der Waals surface area contributed by atoms with Gasteiger partial charge in [-0.3, -0.25) is 0 Å². The van der Waals surface area contributed by atoms with Gasteiger partial charge in [0.1, 0.15) is 11.8 Å². The zero-order chi connectivity index (χ0) is 16.8. The predicted octanol–water partition coefficient (Wildman–Crippen LogP) is 1.94. The number of nitriles is 1. The normalized spacial score (nSPS) is 16.9. The van der Waals surface area contributed by atoms with Gasteiger partial charge in [-0.05, 0) is 43.8 Å². The highest BCUT2D eigenvalue weighted by Gasteiger charge is 2.30. The maximum absolute atomic E-state index is 12.2. The van der Waals surface area contributed by atoms with E-state index in [0.717, 1.165) is 5.56 Å². The van der Waals surface area contributed by atoms with E-state index in [-0.39, 0.29) is 12.6 Å². The smallest absolute Gasteiger partial charge is 0.338 e. The van der Waals surface area contributed by atoms with Crippen LogP contribution in [-0.4, -0.2) is 24.3 Å². The monoisotopic (exact) mass is 331 g/mol. The number of hydrogen-bond acceptors (Lipinski definition) is 5. The van der Waals surface area contributed by atoms with Crippen molar-refractivity contribution in [3.8, 4) is 11.8 Å². The summed E-state index contributed by atoms with van der Waals surface area (Å²) in [5.41, 5.74) is 2.01. The van der Waals surface area contributed by atoms with Gasteiger partial charge < -0.3 is 20.1 Å². The summed E-state index contributed by atoms with van der Waals surface area (Å²) in [5, 5.41) is 15.0. The number of hydrogen-bond donors (Lipinski definition) is 2. The van der Waals surface area contributed by atoms with Crippen molar-refractivity contribution in [3.05, 3.63) is 41.1 Å². The summed E-state index contributed by atoms with van der Waals surface area (Å²) in [4.78, 5) is 12.2. The molecule has 0 spiro atoms. The summed E-state index contributed by atoms with van der Waals surface area (Å²) in [7, 11) is 0. The van der Waals surface area contributed by atoms with E-state index < -0.39 is 6.04 Å². The number of allylic oxidation sites excluding steroid dienone is 1. The number of esters is 1. The average Bonchev–Trinajstić information content (AvgIpc) is 2.52. The lowest BCUT2D eigenvalue weighted by molar-refractivity contribution is -0.139. The third-order valence-electron chi connectivity index (χ3n) is 3.28. The molecule has 2 N–H and O–H groups in total. The van der Waals surface area contributed by atoms with Crippen molar-refractivity contribution >= 4 is 23.3 Å². The van der Waals surface area contributed by atoms with Gasteiger partial charge in [0.15, 0.2) is 11.7 Å². The zero-order valence-corrected chi connectivity index (χ0v) is 13.7. The molecule has 6 nitrogen and oxygen atoms in total. The molecule has 1 aromatic carbocycles. The molecule has 23 heavy (non-hydrogen) atoms. The Hall–Kier alpha value is -2.59. The van der Waals surface area contributed by atoms with Gasteiger partial charge >= 0.3 is 5.97 Å². The quantitative estimate of drug-likeness (QED) is 0.630. The van der Waals surface area contributed by atoms with Crippen LogP contribution in [0.25, 0.3) is 0 Å². The van der Waals surface area contributed by atoms with Crippen LogP contribution in [-0.2, 0) is 9.53 Å². The lowest BCUT2D eigenvalue weighted by Gasteiger charge is -2.29. The first-order valence-electron chi connectivity index (χ1n) is 7.12. The molecule has 1 aliphatic rings. The number of nitrogens with one attached hydrogen (secondary N) is 2. The SMILES string of the molecule is CCOC(=O)C1=C(C)NC(=S)N[C@@H]1c1ccc(OCC#N)cc1. The van der Waals surface area contributed by atoms with Crippen LogP contribution in [0.5, 0.6) is 5.75 Å². The second-order valence-electron chi connectivity index (χ2n) is 4.81. The lowest BCUT2D eigenvalue weighted by atomic mass is 9.95. The highest BCUT2D eigenvalue weighted by Crippen LogP contribution is 2.28. The van der Waals surface area contributed by atoms with Crippen molar-refractivity contribution in [2.75, 3.05) is 13.2 Å². The number of rotatable bonds is 5. The minimum Gasteiger partial charge on any atom is -0.479 e. The molecule has 1 aliphatic heterocycles. The number of ether oxygens (including phenoxy) is 2. The second-order valence-corrected chi connectivity index (χ2v) is 5.21. The molecule has 120 valence electrons. The largest absolute Gasteiger partial charge is 0.479 e. The molecule has 0 unspecified atom stereocenters. The van der Waals surface area contributed by atoms with E-state index in [2.05, 4.69) is 10.6 Å². The van der Waals surface area contributed by atoms with Gasteiger partial charge in [-0.2, -0.15) is 5.26 Å². The first-order valence-corrected chi connectivity index (χ1v) is 7.52. The zero-order valence-electron chi connectivity index (χ0n) is 12.9. The summed E-state index contributed by atoms with van der Waals surface area (Å²) in [5.74, 6) is 0.201. The number of benzene rings is 1. The molecular formula is C16H17N3O3S. The summed E-state index contributed by atoms with van der Waals surface area (Å²) in [6.07, 6.45) is 0. The Morgan fingerprint density at radius 2 is 2.09 bits per heavy atom. The van der Waals surface area contributed by atoms with Crippen molar-refractivity contribution in [1.82, 2.24) is 10.6 Å². The molecule has 0 radical (unpaired) electrons. The molecule has 0 amide bonds. The Labute approximate surface area is 140 Å². The fourth-order valence-corrected chi connectivity index (χ4v) is 2.57. The highest BCUT2D eigenvalue weighted by atomic mass is 32.1. The molecule has 0 aliphatic carbocycles. The molecule has 7 heteroatoms. The minimum atomic E-state index is -0.396. The van der Waals surface area contributed by atoms with Gasteiger partial charge in [0, 0.05) is 5.70 Å². The second kappa shape index (κ2) is 7.61. The van der Waals surface area contributed by atoms with E-state index >= 15 is 0 Å². The highest BCUT2D eigenvalue weighted by molar-refractivity contribution is 7.80. The molecule has 0 saturated heterocycles. The van der Waals surface area contributed by atoms with Crippen LogP contribution in [0.3, 0.4) is 0 Å². The number of thiocarbonyl (C=S) groups is 1. The molecule has 0 saturated carbocycles. The van der Waals surface area contributed by atoms with Gasteiger partial charge in [-0.15, -0.1) is 0 Å². The van der Waals surface area contributed by atoms with Crippen LogP contribution in [0, 0.1) is 11.3 Å². The van der Waals surface area contributed by atoms with Crippen LogP contribution in [0.2, 0.25) is 0 Å². The first-order chi connectivity index (χ1) is 11.1. The predicted molar refractivity (Wildman–Crippen MR) is 88.5 cm³/mol. The van der Waals surface area contributed by atoms with Gasteiger partial charge in [0.2, 0.25) is 0 Å². The Balaban J connectivity index is 2.30. The Kier molecular flexibility index (Phi) is 5.55. The van der Waals surface area contributed by atoms with Crippen LogP contribution in [0.15, 0.2) is 35.5 Å². The van der Waals surface area contributed by atoms with Gasteiger partial charge in [-0.25, -0.2) is 4.79 Å². The maximum atomic E-state index is 12.2. The summed E-state index contributed by atoms with van der Waals surface area (Å²) in [6.45, 7) is 3.84. The van der Waals surface area contributed by atoms with E-state index in [1.165, 1.54) is 0 Å². The van der Waals surface area contributed by atoms with Gasteiger partial charge in [0.25, 0.3) is 0 Å². The third kappa shape index (κ3) is 3.99. The van der Waals surface area contributed by atoms with Crippen LogP contribution < -0.4 is 15.4 Å². The average molecular weight is 331 g/mol. The van der Waals surface area contributed by atoms with Crippen molar-refractivity contribution in [1.29, 1.82) is 5.26 Å². The van der Waals surface area contributed by atoms with Crippen molar-refractivity contribution < 1.29 is 14.3 Å². The topological polar surface area (TPSA) is 83.4 Å². The Bertz CT molecular complexity index is 677. The summed E-state index contributed by atoms with van der Waals surface area (Å²) < 4.78 is 10.4. The number of carbonyl (C=O) groups is 1. The number of carbonyl (C=O) groups excluding carboxylic acids is 1. The summed E-state index contributed by atoms with van der Waals surface area (Å²) in [6, 6.07) is 8.66. The van der Waals surface area contributed by atoms with Gasteiger partial charge in [0.05, 0.1) is 18.2 Å². The van der Waals surface area contributed by atoms with E-state index in [1.54, 1.807) is 26.0 Å². The summed E-state index contributed by atoms with van der Waals surface area (Å²) >= 11 is 5.18. The molecule has 1 aromatic rings. The van der Waals surface area contributed by atoms with E-state index in [9.17, 15) is 4.79 Å². The molecule has 2 rings (SSSR count). The number of nitrogens with zero attached hydrogens (tertiary/aromatic N) is 1. The van der Waals surface area contributed by atoms with E-state index in [4.69, 9.17) is 27.0 Å². The fraction of sp³-hybridized carbons (Fsp3) is 0.312. The first kappa shape index (κ1) is 16.8. The lowest BCUT2D eigenvalue weighted by Crippen LogP contribution is -2.45. The van der Waals surface area contributed by atoms with Crippen molar-refractivity contribution in [2.45, 2.75) is 19.9 Å². The maximum Gasteiger partial charge on any atom is 0.338 e. The van der Waals surface area contributed by atoms with Crippen LogP contribution in [0.4, 0.5) is 0 Å². The Morgan fingerprint density at radius 3 is 2.70 bits per heavy atom. The van der Waals surface area contributed by atoms with Crippen molar-refractivity contribution in [3.63, 3.8) is 0 Å². The van der Waals surface area contributed by atoms with Crippen molar-refractivity contribution in [2.24, 2.45) is 0 Å². The molecular weight excluding hydrogens is 314 g/mol. The van der Waals surface area contributed by atoms with Crippen LogP contribution in [0.1, 0.15) is 25.5 Å². The third-order valence-corrected chi connectivity index (χ3v) is 3.50. The minimum absolute atomic E-state index is 0.0118. The van der Waals surface area contributed by atoms with Crippen LogP contribution >= 0.6 is 12.2 Å². The molecule has 1 heterocycles. The Morgan fingerprint density at radius 1 is 1.39 bits per heavy atom. The fourth-order valence-electron chi connectivity index (χ4n) is 2.30. The molecule has 0 bridgehead atoms. The molecule has 0 aromatic heterocycles.